The molecule has 0 aliphatic rings. The second kappa shape index (κ2) is 7.37. The summed E-state index contributed by atoms with van der Waals surface area (Å²) in [6.45, 7) is 3.49. The number of aromatic nitrogens is 2. The summed E-state index contributed by atoms with van der Waals surface area (Å²) in [4.78, 5) is 7.60. The van der Waals surface area contributed by atoms with Gasteiger partial charge in [-0.3, -0.25) is 0 Å². The first-order chi connectivity index (χ1) is 11.3. The van der Waals surface area contributed by atoms with Gasteiger partial charge in [0.2, 0.25) is 11.8 Å². The van der Waals surface area contributed by atoms with Crippen molar-refractivity contribution >= 4 is 11.6 Å². The van der Waals surface area contributed by atoms with Crippen LogP contribution in [0.15, 0.2) is 30.5 Å². The van der Waals surface area contributed by atoms with Crippen LogP contribution in [0.2, 0.25) is 0 Å². The second-order valence-corrected chi connectivity index (χ2v) is 5.10. The lowest BCUT2D eigenvalue weighted by Gasteiger charge is -2.17. The van der Waals surface area contributed by atoms with Crippen LogP contribution >= 0.6 is 0 Å². The fourth-order valence-corrected chi connectivity index (χ4v) is 1.81. The number of nitrogens with zero attached hydrogens (tertiary/aromatic N) is 2. The van der Waals surface area contributed by atoms with Crippen molar-refractivity contribution < 1.29 is 22.6 Å². The number of rotatable bonds is 6. The van der Waals surface area contributed by atoms with Crippen molar-refractivity contribution in [3.63, 3.8) is 0 Å². The van der Waals surface area contributed by atoms with E-state index in [1.807, 2.05) is 6.92 Å². The molecule has 0 amide bonds. The van der Waals surface area contributed by atoms with E-state index in [2.05, 4.69) is 15.3 Å². The average molecular weight is 341 g/mol. The number of halogens is 3. The number of alkyl halides is 3. The molecule has 8 heteroatoms. The lowest BCUT2D eigenvalue weighted by atomic mass is 10.3. The fraction of sp³-hybridized carbons (Fsp3) is 0.375. The zero-order valence-corrected chi connectivity index (χ0v) is 13.5. The molecule has 1 unspecified atom stereocenters. The lowest BCUT2D eigenvalue weighted by molar-refractivity contribution is -0.139. The van der Waals surface area contributed by atoms with Crippen LogP contribution in [0.25, 0.3) is 0 Å². The summed E-state index contributed by atoms with van der Waals surface area (Å²) < 4.78 is 49.6. The minimum absolute atomic E-state index is 0.00885. The Morgan fingerprint density at radius 2 is 2.04 bits per heavy atom. The van der Waals surface area contributed by atoms with Crippen molar-refractivity contribution in [2.24, 2.45) is 0 Å². The Morgan fingerprint density at radius 1 is 1.29 bits per heavy atom. The number of anilines is 2. The van der Waals surface area contributed by atoms with Crippen LogP contribution in [-0.2, 0) is 6.18 Å². The predicted octanol–water partition coefficient (Wildman–Crippen LogP) is 4.42. The number of nitrogens with one attached hydrogen (secondary N) is 1. The zero-order chi connectivity index (χ0) is 17.7. The van der Waals surface area contributed by atoms with Crippen LogP contribution < -0.4 is 14.8 Å². The summed E-state index contributed by atoms with van der Waals surface area (Å²) in [7, 11) is 1.52. The standard InChI is InChI=1S/C16H18F3N3O2/c1-4-10(2)24-14-13(16(17,18)19)9-20-15(22-14)21-11-6-5-7-12(8-11)23-3/h5-10H,4H2,1-3H3,(H,20,21,22). The minimum Gasteiger partial charge on any atom is -0.497 e. The Bertz CT molecular complexity index is 693. The zero-order valence-electron chi connectivity index (χ0n) is 13.5. The number of hydrogen-bond acceptors (Lipinski definition) is 5. The van der Waals surface area contributed by atoms with Crippen LogP contribution in [0.3, 0.4) is 0 Å². The van der Waals surface area contributed by atoms with E-state index < -0.39 is 23.7 Å². The maximum absolute atomic E-state index is 13.1. The smallest absolute Gasteiger partial charge is 0.423 e. The average Bonchev–Trinajstić information content (AvgIpc) is 2.54. The molecule has 24 heavy (non-hydrogen) atoms. The van der Waals surface area contributed by atoms with Crippen molar-refractivity contribution in [1.82, 2.24) is 9.97 Å². The largest absolute Gasteiger partial charge is 0.497 e. The molecule has 0 aliphatic heterocycles. The van der Waals surface area contributed by atoms with Gasteiger partial charge >= 0.3 is 6.18 Å². The van der Waals surface area contributed by atoms with Crippen LogP contribution in [0.1, 0.15) is 25.8 Å². The number of benzene rings is 1. The maximum Gasteiger partial charge on any atom is 0.423 e. The van der Waals surface area contributed by atoms with Gasteiger partial charge in [-0.05, 0) is 25.5 Å². The topological polar surface area (TPSA) is 56.3 Å². The van der Waals surface area contributed by atoms with Crippen LogP contribution in [-0.4, -0.2) is 23.2 Å². The van der Waals surface area contributed by atoms with Gasteiger partial charge in [0.1, 0.15) is 11.3 Å². The molecule has 130 valence electrons. The summed E-state index contributed by atoms with van der Waals surface area (Å²) in [5.41, 5.74) is -0.414. The van der Waals surface area contributed by atoms with Crippen LogP contribution in [0, 0.1) is 0 Å². The molecule has 0 aliphatic carbocycles. The molecule has 5 nitrogen and oxygen atoms in total. The minimum atomic E-state index is -4.59. The number of ether oxygens (including phenoxy) is 2. The summed E-state index contributed by atoms with van der Waals surface area (Å²) >= 11 is 0. The first-order valence-electron chi connectivity index (χ1n) is 7.35. The van der Waals surface area contributed by atoms with Crippen molar-refractivity contribution in [2.75, 3.05) is 12.4 Å². The van der Waals surface area contributed by atoms with Gasteiger partial charge in [-0.2, -0.15) is 18.2 Å². The molecule has 1 heterocycles. The van der Waals surface area contributed by atoms with Gasteiger partial charge in [0.05, 0.1) is 13.2 Å². The van der Waals surface area contributed by atoms with E-state index in [0.29, 0.717) is 24.1 Å². The molecule has 0 spiro atoms. The van der Waals surface area contributed by atoms with Gasteiger partial charge in [0, 0.05) is 18.0 Å². The molecule has 0 radical (unpaired) electrons. The van der Waals surface area contributed by atoms with E-state index in [4.69, 9.17) is 9.47 Å². The molecule has 2 rings (SSSR count). The molecular weight excluding hydrogens is 323 g/mol. The molecule has 0 saturated heterocycles. The first kappa shape index (κ1) is 17.8. The SMILES string of the molecule is CCC(C)Oc1nc(Nc2cccc(OC)c2)ncc1C(F)(F)F. The van der Waals surface area contributed by atoms with E-state index in [1.165, 1.54) is 7.11 Å². The molecular formula is C16H18F3N3O2. The lowest BCUT2D eigenvalue weighted by Crippen LogP contribution is -2.17. The summed E-state index contributed by atoms with van der Waals surface area (Å²) in [6.07, 6.45) is -3.71. The highest BCUT2D eigenvalue weighted by Gasteiger charge is 2.36. The van der Waals surface area contributed by atoms with Gasteiger partial charge in [-0.15, -0.1) is 0 Å². The van der Waals surface area contributed by atoms with Gasteiger partial charge in [-0.25, -0.2) is 4.98 Å². The highest BCUT2D eigenvalue weighted by Crippen LogP contribution is 2.36. The molecule has 2 aromatic rings. The second-order valence-electron chi connectivity index (χ2n) is 5.10. The van der Waals surface area contributed by atoms with Crippen molar-refractivity contribution in [3.05, 3.63) is 36.0 Å². The van der Waals surface area contributed by atoms with Gasteiger partial charge in [-0.1, -0.05) is 13.0 Å². The summed E-state index contributed by atoms with van der Waals surface area (Å²) in [5.74, 6) is 0.120. The Balaban J connectivity index is 2.32. The molecule has 1 N–H and O–H groups in total. The molecule has 0 fully saturated rings. The van der Waals surface area contributed by atoms with E-state index in [1.54, 1.807) is 31.2 Å². The number of hydrogen-bond donors (Lipinski definition) is 1. The molecule has 0 saturated carbocycles. The third-order valence-electron chi connectivity index (χ3n) is 3.27. The molecule has 1 atom stereocenters. The molecule has 1 aromatic carbocycles. The molecule has 1 aromatic heterocycles. The van der Waals surface area contributed by atoms with Gasteiger partial charge in [0.25, 0.3) is 0 Å². The van der Waals surface area contributed by atoms with Crippen molar-refractivity contribution in [2.45, 2.75) is 32.5 Å². The maximum atomic E-state index is 13.1. The van der Waals surface area contributed by atoms with E-state index in [-0.39, 0.29) is 5.95 Å². The Hall–Kier alpha value is -2.51. The van der Waals surface area contributed by atoms with Crippen LogP contribution in [0.4, 0.5) is 24.8 Å². The predicted molar refractivity (Wildman–Crippen MR) is 83.7 cm³/mol. The summed E-state index contributed by atoms with van der Waals surface area (Å²) in [5, 5.41) is 2.84. The molecule has 0 bridgehead atoms. The fourth-order valence-electron chi connectivity index (χ4n) is 1.81. The quantitative estimate of drug-likeness (QED) is 0.843. The Morgan fingerprint density at radius 3 is 2.67 bits per heavy atom. The highest BCUT2D eigenvalue weighted by atomic mass is 19.4. The van der Waals surface area contributed by atoms with E-state index in [0.717, 1.165) is 0 Å². The third kappa shape index (κ3) is 4.50. The van der Waals surface area contributed by atoms with Crippen LogP contribution in [0.5, 0.6) is 11.6 Å². The Labute approximate surface area is 137 Å². The Kier molecular flexibility index (Phi) is 5.48. The normalized spacial score (nSPS) is 12.6. The number of methoxy groups -OCH3 is 1. The summed E-state index contributed by atoms with van der Waals surface area (Å²) in [6, 6.07) is 6.88. The third-order valence-corrected chi connectivity index (χ3v) is 3.27. The van der Waals surface area contributed by atoms with E-state index in [9.17, 15) is 13.2 Å². The first-order valence-corrected chi connectivity index (χ1v) is 7.35. The van der Waals surface area contributed by atoms with Gasteiger partial charge < -0.3 is 14.8 Å². The van der Waals surface area contributed by atoms with Crippen molar-refractivity contribution in [1.29, 1.82) is 0 Å². The van der Waals surface area contributed by atoms with Crippen molar-refractivity contribution in [3.8, 4) is 11.6 Å². The monoisotopic (exact) mass is 341 g/mol. The highest BCUT2D eigenvalue weighted by molar-refractivity contribution is 5.56. The van der Waals surface area contributed by atoms with E-state index >= 15 is 0 Å². The van der Waals surface area contributed by atoms with Gasteiger partial charge in [0.15, 0.2) is 0 Å².